The number of hydrogen-bond donors (Lipinski definition) is 1. The summed E-state index contributed by atoms with van der Waals surface area (Å²) in [5.74, 6) is 0.463. The van der Waals surface area contributed by atoms with Gasteiger partial charge in [-0.25, -0.2) is 4.98 Å². The number of thiazole rings is 1. The van der Waals surface area contributed by atoms with E-state index in [4.69, 9.17) is 0 Å². The fourth-order valence-electron chi connectivity index (χ4n) is 4.21. The number of hydrogen-bond acceptors (Lipinski definition) is 5. The van der Waals surface area contributed by atoms with Gasteiger partial charge in [0.1, 0.15) is 4.88 Å². The van der Waals surface area contributed by atoms with Gasteiger partial charge in [-0.3, -0.25) is 4.79 Å². The normalized spacial score (nSPS) is 28.2. The predicted octanol–water partition coefficient (Wildman–Crippen LogP) is 2.49. The van der Waals surface area contributed by atoms with E-state index in [1.807, 2.05) is 11.8 Å². The summed E-state index contributed by atoms with van der Waals surface area (Å²) in [6.07, 6.45) is 3.09. The van der Waals surface area contributed by atoms with Crippen molar-refractivity contribution in [2.75, 3.05) is 33.3 Å². The number of amides is 1. The maximum Gasteiger partial charge on any atom is 0.265 e. The second-order valence-corrected chi connectivity index (χ2v) is 8.77. The van der Waals surface area contributed by atoms with Crippen LogP contribution in [0.25, 0.3) is 0 Å². The Labute approximate surface area is 148 Å². The number of carbonyl (C=O) groups excluding carboxylic acids is 1. The van der Waals surface area contributed by atoms with Crippen LogP contribution in [0.3, 0.4) is 0 Å². The van der Waals surface area contributed by atoms with Crippen molar-refractivity contribution in [1.29, 1.82) is 0 Å². The summed E-state index contributed by atoms with van der Waals surface area (Å²) < 4.78 is 0. The molecular formula is C18H29N3O2S. The van der Waals surface area contributed by atoms with Crippen molar-refractivity contribution in [2.24, 2.45) is 5.41 Å². The number of rotatable bonds is 3. The van der Waals surface area contributed by atoms with Gasteiger partial charge in [0.25, 0.3) is 5.91 Å². The first-order valence-corrected chi connectivity index (χ1v) is 9.77. The third kappa shape index (κ3) is 3.00. The molecule has 5 nitrogen and oxygen atoms in total. The first-order valence-electron chi connectivity index (χ1n) is 8.95. The number of likely N-dealkylation sites (N-methyl/N-ethyl adjacent to an activating group) is 1. The van der Waals surface area contributed by atoms with Crippen LogP contribution in [0.15, 0.2) is 0 Å². The van der Waals surface area contributed by atoms with Crippen LogP contribution in [-0.2, 0) is 0 Å². The van der Waals surface area contributed by atoms with E-state index in [0.717, 1.165) is 47.9 Å². The van der Waals surface area contributed by atoms with Gasteiger partial charge in [0, 0.05) is 30.5 Å². The number of carbonyl (C=O) groups is 1. The molecule has 1 aromatic rings. The molecule has 1 N–H and O–H groups in total. The number of fused-ring (bicyclic) bond motifs is 1. The highest BCUT2D eigenvalue weighted by Gasteiger charge is 2.47. The van der Waals surface area contributed by atoms with Crippen LogP contribution >= 0.6 is 11.3 Å². The topological polar surface area (TPSA) is 56.7 Å². The minimum absolute atomic E-state index is 0.0321. The van der Waals surface area contributed by atoms with Gasteiger partial charge in [0.15, 0.2) is 0 Å². The zero-order chi connectivity index (χ0) is 17.5. The van der Waals surface area contributed by atoms with Crippen LogP contribution in [0, 0.1) is 12.3 Å². The first-order chi connectivity index (χ1) is 11.4. The molecular weight excluding hydrogens is 322 g/mol. The van der Waals surface area contributed by atoms with E-state index < -0.39 is 0 Å². The minimum atomic E-state index is -0.0321. The fourth-order valence-corrected chi connectivity index (χ4v) is 5.24. The Hall–Kier alpha value is -0.980. The van der Waals surface area contributed by atoms with Gasteiger partial charge in [0.05, 0.1) is 17.3 Å². The molecule has 6 heteroatoms. The molecule has 2 fully saturated rings. The Balaban J connectivity index is 1.80. The third-order valence-corrected chi connectivity index (χ3v) is 7.25. The lowest BCUT2D eigenvalue weighted by Gasteiger charge is -2.53. The highest BCUT2D eigenvalue weighted by Crippen LogP contribution is 2.42. The number of aliphatic hydroxyl groups is 1. The van der Waals surface area contributed by atoms with E-state index in [1.54, 1.807) is 0 Å². The van der Waals surface area contributed by atoms with Crippen molar-refractivity contribution in [3.63, 3.8) is 0 Å². The Morgan fingerprint density at radius 2 is 2.17 bits per heavy atom. The summed E-state index contributed by atoms with van der Waals surface area (Å²) >= 11 is 1.54. The van der Waals surface area contributed by atoms with Gasteiger partial charge in [0.2, 0.25) is 0 Å². The SMILES string of the molecule is Cc1nc(C(C)C)sc1C(=O)N1CC[C@@]2(CO)CCCN(C)[C@@H]2C1. The number of aliphatic hydroxyl groups excluding tert-OH is 1. The van der Waals surface area contributed by atoms with Crippen LogP contribution in [0.5, 0.6) is 0 Å². The van der Waals surface area contributed by atoms with Gasteiger partial charge in [-0.05, 0) is 39.8 Å². The van der Waals surface area contributed by atoms with Gasteiger partial charge < -0.3 is 14.9 Å². The highest BCUT2D eigenvalue weighted by molar-refractivity contribution is 7.13. The van der Waals surface area contributed by atoms with E-state index >= 15 is 0 Å². The number of nitrogens with zero attached hydrogens (tertiary/aromatic N) is 3. The van der Waals surface area contributed by atoms with Crippen LogP contribution in [0.4, 0.5) is 0 Å². The lowest BCUT2D eigenvalue weighted by molar-refractivity contribution is -0.0600. The Kier molecular flexibility index (Phi) is 5.00. The lowest BCUT2D eigenvalue weighted by atomic mass is 9.69. The molecule has 134 valence electrons. The molecule has 0 aromatic carbocycles. The van der Waals surface area contributed by atoms with Crippen LogP contribution < -0.4 is 0 Å². The zero-order valence-corrected chi connectivity index (χ0v) is 16.0. The molecule has 0 radical (unpaired) electrons. The van der Waals surface area contributed by atoms with Crippen molar-refractivity contribution >= 4 is 17.2 Å². The average molecular weight is 352 g/mol. The van der Waals surface area contributed by atoms with E-state index in [1.165, 1.54) is 11.3 Å². The molecule has 2 aliphatic heterocycles. The molecule has 0 spiro atoms. The van der Waals surface area contributed by atoms with E-state index in [2.05, 4.69) is 30.8 Å². The molecule has 2 aliphatic rings. The van der Waals surface area contributed by atoms with Crippen molar-refractivity contribution < 1.29 is 9.90 Å². The van der Waals surface area contributed by atoms with Gasteiger partial charge in [-0.2, -0.15) is 0 Å². The predicted molar refractivity (Wildman–Crippen MR) is 96.6 cm³/mol. The fraction of sp³-hybridized carbons (Fsp3) is 0.778. The van der Waals surface area contributed by atoms with Gasteiger partial charge in [-0.15, -0.1) is 11.3 Å². The Morgan fingerprint density at radius 1 is 1.42 bits per heavy atom. The molecule has 2 atom stereocenters. The second-order valence-electron chi connectivity index (χ2n) is 7.74. The number of aryl methyl sites for hydroxylation is 1. The Morgan fingerprint density at radius 3 is 2.79 bits per heavy atom. The molecule has 3 rings (SSSR count). The van der Waals surface area contributed by atoms with Crippen LogP contribution in [-0.4, -0.2) is 65.1 Å². The van der Waals surface area contributed by atoms with Gasteiger partial charge in [-0.1, -0.05) is 13.8 Å². The first kappa shape index (κ1) is 17.8. The summed E-state index contributed by atoms with van der Waals surface area (Å²) in [5, 5.41) is 11.0. The summed E-state index contributed by atoms with van der Waals surface area (Å²) in [5.41, 5.74) is 0.819. The van der Waals surface area contributed by atoms with Crippen molar-refractivity contribution in [2.45, 2.75) is 52.0 Å². The average Bonchev–Trinajstić information content (AvgIpc) is 2.96. The van der Waals surface area contributed by atoms with E-state index in [-0.39, 0.29) is 24.0 Å². The largest absolute Gasteiger partial charge is 0.396 e. The molecule has 0 unspecified atom stereocenters. The van der Waals surface area contributed by atoms with E-state index in [9.17, 15) is 9.90 Å². The van der Waals surface area contributed by atoms with Crippen molar-refractivity contribution in [3.05, 3.63) is 15.6 Å². The zero-order valence-electron chi connectivity index (χ0n) is 15.2. The summed E-state index contributed by atoms with van der Waals surface area (Å²) in [7, 11) is 2.12. The summed E-state index contributed by atoms with van der Waals surface area (Å²) in [4.78, 5) is 22.7. The third-order valence-electron chi connectivity index (χ3n) is 5.80. The minimum Gasteiger partial charge on any atom is -0.396 e. The summed E-state index contributed by atoms with van der Waals surface area (Å²) in [6, 6.07) is 0.256. The van der Waals surface area contributed by atoms with Gasteiger partial charge >= 0.3 is 0 Å². The quantitative estimate of drug-likeness (QED) is 0.909. The number of piperidine rings is 2. The van der Waals surface area contributed by atoms with Crippen molar-refractivity contribution in [3.8, 4) is 0 Å². The molecule has 0 aliphatic carbocycles. The number of likely N-dealkylation sites (tertiary alicyclic amines) is 2. The standard InChI is InChI=1S/C18H29N3O2S/c1-12(2)16-19-13(3)15(24-16)17(23)21-9-7-18(11-22)6-5-8-20(4)14(18)10-21/h12,14,22H,5-11H2,1-4H3/t14-,18-/m1/s1. The van der Waals surface area contributed by atoms with Crippen molar-refractivity contribution in [1.82, 2.24) is 14.8 Å². The molecule has 0 saturated carbocycles. The molecule has 2 saturated heterocycles. The monoisotopic (exact) mass is 351 g/mol. The smallest absolute Gasteiger partial charge is 0.265 e. The molecule has 1 amide bonds. The molecule has 24 heavy (non-hydrogen) atoms. The Bertz CT molecular complexity index is 615. The second kappa shape index (κ2) is 6.73. The lowest BCUT2D eigenvalue weighted by Crippen LogP contribution is -2.62. The maximum atomic E-state index is 13.0. The van der Waals surface area contributed by atoms with Crippen LogP contribution in [0.1, 0.15) is 59.4 Å². The highest BCUT2D eigenvalue weighted by atomic mass is 32.1. The van der Waals surface area contributed by atoms with Crippen LogP contribution in [0.2, 0.25) is 0 Å². The molecule has 1 aromatic heterocycles. The summed E-state index contributed by atoms with van der Waals surface area (Å²) in [6.45, 7) is 8.87. The maximum absolute atomic E-state index is 13.0. The molecule has 0 bridgehead atoms. The molecule has 3 heterocycles. The van der Waals surface area contributed by atoms with E-state index in [0.29, 0.717) is 12.5 Å². The number of aromatic nitrogens is 1.